The number of benzene rings is 2. The van der Waals surface area contributed by atoms with Gasteiger partial charge in [0.15, 0.2) is 0 Å². The predicted octanol–water partition coefficient (Wildman–Crippen LogP) is 4.95. The van der Waals surface area contributed by atoms with Gasteiger partial charge in [0.1, 0.15) is 4.90 Å². The van der Waals surface area contributed by atoms with Crippen LogP contribution >= 0.6 is 22.9 Å². The van der Waals surface area contributed by atoms with Crippen LogP contribution in [0, 0.1) is 10.1 Å². The van der Waals surface area contributed by atoms with E-state index in [0.29, 0.717) is 5.71 Å². The lowest BCUT2D eigenvalue weighted by atomic mass is 10.3. The number of hydrogen-bond donors (Lipinski definition) is 2. The van der Waals surface area contributed by atoms with Gasteiger partial charge >= 0.3 is 0 Å². The Labute approximate surface area is 176 Å². The van der Waals surface area contributed by atoms with E-state index in [4.69, 9.17) is 11.6 Å². The van der Waals surface area contributed by atoms with Crippen molar-refractivity contribution in [1.82, 2.24) is 0 Å². The summed E-state index contributed by atoms with van der Waals surface area (Å²) in [6.45, 7) is 1.76. The van der Waals surface area contributed by atoms with Gasteiger partial charge in [-0.3, -0.25) is 20.3 Å². The first-order valence-corrected chi connectivity index (χ1v) is 10.9. The zero-order valence-electron chi connectivity index (χ0n) is 15.0. The van der Waals surface area contributed by atoms with Crippen LogP contribution in [0.1, 0.15) is 11.8 Å². The van der Waals surface area contributed by atoms with Crippen molar-refractivity contribution in [1.29, 1.82) is 0 Å². The number of anilines is 2. The summed E-state index contributed by atoms with van der Waals surface area (Å²) in [5, 5.41) is 17.4. The molecule has 0 radical (unpaired) electrons. The molecule has 1 aromatic heterocycles. The summed E-state index contributed by atoms with van der Waals surface area (Å²) >= 11 is 7.51. The van der Waals surface area contributed by atoms with E-state index >= 15 is 0 Å². The highest BCUT2D eigenvalue weighted by Gasteiger charge is 2.23. The van der Waals surface area contributed by atoms with Crippen LogP contribution in [0.25, 0.3) is 0 Å². The van der Waals surface area contributed by atoms with Crippen LogP contribution < -0.4 is 10.1 Å². The average Bonchev–Trinajstić information content (AvgIpc) is 3.22. The first-order valence-electron chi connectivity index (χ1n) is 8.18. The second-order valence-corrected chi connectivity index (χ2v) is 8.81. The standard InChI is InChI=1S/C18H15ClN4O4S2/c1-12(17-7-4-10-28-17)20-21-16-9-8-13(23(24)25)11-18(16)29(26,27)22-15-6-3-2-5-14(15)19/h2-11,21-22H,1H3/b20-12+. The highest BCUT2D eigenvalue weighted by atomic mass is 35.5. The van der Waals surface area contributed by atoms with Crippen molar-refractivity contribution in [3.8, 4) is 0 Å². The van der Waals surface area contributed by atoms with Crippen LogP contribution in [-0.4, -0.2) is 19.1 Å². The number of nitrogens with one attached hydrogen (secondary N) is 2. The second kappa shape index (κ2) is 8.60. The molecule has 0 bridgehead atoms. The molecule has 0 aliphatic carbocycles. The fraction of sp³-hybridized carbons (Fsp3) is 0.0556. The van der Waals surface area contributed by atoms with Gasteiger partial charge in [0.25, 0.3) is 15.7 Å². The van der Waals surface area contributed by atoms with Crippen molar-refractivity contribution in [3.05, 3.63) is 80.0 Å². The number of para-hydroxylation sites is 1. The van der Waals surface area contributed by atoms with Crippen LogP contribution in [0.2, 0.25) is 5.02 Å². The highest BCUT2D eigenvalue weighted by molar-refractivity contribution is 7.93. The normalized spacial score (nSPS) is 11.9. The number of thiophene rings is 1. The number of nitro benzene ring substituents is 1. The Bertz CT molecular complexity index is 1180. The van der Waals surface area contributed by atoms with Crippen molar-refractivity contribution in [2.75, 3.05) is 10.1 Å². The first kappa shape index (κ1) is 20.8. The minimum absolute atomic E-state index is 0.0889. The lowest BCUT2D eigenvalue weighted by Gasteiger charge is -2.13. The first-order chi connectivity index (χ1) is 13.8. The molecule has 1 heterocycles. The molecule has 3 rings (SSSR count). The molecule has 0 aliphatic rings. The summed E-state index contributed by atoms with van der Waals surface area (Å²) < 4.78 is 28.2. The molecule has 0 aliphatic heterocycles. The van der Waals surface area contributed by atoms with Gasteiger partial charge in [0.2, 0.25) is 0 Å². The Morgan fingerprint density at radius 1 is 1.14 bits per heavy atom. The van der Waals surface area contributed by atoms with Crippen LogP contribution in [0.5, 0.6) is 0 Å². The molecule has 150 valence electrons. The van der Waals surface area contributed by atoms with E-state index in [1.54, 1.807) is 19.1 Å². The van der Waals surface area contributed by atoms with Crippen molar-refractivity contribution in [2.24, 2.45) is 5.10 Å². The molecular weight excluding hydrogens is 436 g/mol. The fourth-order valence-corrected chi connectivity index (χ4v) is 4.54. The molecule has 0 atom stereocenters. The number of halogens is 1. The molecule has 29 heavy (non-hydrogen) atoms. The Morgan fingerprint density at radius 3 is 2.55 bits per heavy atom. The van der Waals surface area contributed by atoms with Gasteiger partial charge in [-0.1, -0.05) is 29.8 Å². The molecule has 2 aromatic carbocycles. The minimum Gasteiger partial charge on any atom is -0.278 e. The lowest BCUT2D eigenvalue weighted by Crippen LogP contribution is -2.15. The Balaban J connectivity index is 2.01. The van der Waals surface area contributed by atoms with E-state index in [-0.39, 0.29) is 27.0 Å². The lowest BCUT2D eigenvalue weighted by molar-refractivity contribution is -0.385. The van der Waals surface area contributed by atoms with Crippen molar-refractivity contribution in [3.63, 3.8) is 0 Å². The zero-order chi connectivity index (χ0) is 21.0. The number of sulfonamides is 1. The molecule has 0 saturated carbocycles. The van der Waals surface area contributed by atoms with E-state index in [2.05, 4.69) is 15.2 Å². The van der Waals surface area contributed by atoms with Gasteiger partial charge in [0.05, 0.1) is 27.0 Å². The van der Waals surface area contributed by atoms with E-state index in [1.165, 1.54) is 35.6 Å². The van der Waals surface area contributed by atoms with Crippen LogP contribution in [0.3, 0.4) is 0 Å². The maximum absolute atomic E-state index is 12.9. The Kier molecular flexibility index (Phi) is 6.16. The molecular formula is C18H15ClN4O4S2. The molecule has 3 aromatic rings. The Morgan fingerprint density at radius 2 is 1.90 bits per heavy atom. The monoisotopic (exact) mass is 450 g/mol. The summed E-state index contributed by atoms with van der Waals surface area (Å²) in [5.41, 5.74) is 3.21. The molecule has 0 unspecified atom stereocenters. The molecule has 11 heteroatoms. The predicted molar refractivity (Wildman–Crippen MR) is 116 cm³/mol. The summed E-state index contributed by atoms with van der Waals surface area (Å²) in [6, 6.07) is 13.5. The molecule has 2 N–H and O–H groups in total. The van der Waals surface area contributed by atoms with Gasteiger partial charge in [-0.15, -0.1) is 11.3 Å². The number of nitro groups is 1. The van der Waals surface area contributed by atoms with Gasteiger partial charge in [-0.25, -0.2) is 8.42 Å². The summed E-state index contributed by atoms with van der Waals surface area (Å²) in [5.74, 6) is 0. The molecule has 0 amide bonds. The summed E-state index contributed by atoms with van der Waals surface area (Å²) in [7, 11) is -4.19. The average molecular weight is 451 g/mol. The van der Waals surface area contributed by atoms with Crippen molar-refractivity contribution >= 4 is 55.7 Å². The Hall–Kier alpha value is -2.95. The molecule has 0 spiro atoms. The SMILES string of the molecule is C/C(=N\Nc1ccc([N+](=O)[O-])cc1S(=O)(=O)Nc1ccccc1Cl)c1cccs1. The molecule has 0 fully saturated rings. The van der Waals surface area contributed by atoms with Gasteiger partial charge in [-0.2, -0.15) is 5.10 Å². The van der Waals surface area contributed by atoms with E-state index in [0.717, 1.165) is 10.9 Å². The van der Waals surface area contributed by atoms with Gasteiger partial charge in [0, 0.05) is 17.0 Å². The quantitative estimate of drug-likeness (QED) is 0.300. The third-order valence-corrected chi connectivity index (χ3v) is 6.52. The van der Waals surface area contributed by atoms with Crippen molar-refractivity contribution < 1.29 is 13.3 Å². The maximum atomic E-state index is 12.9. The number of nitrogens with zero attached hydrogens (tertiary/aromatic N) is 2. The largest absolute Gasteiger partial charge is 0.278 e. The smallest absolute Gasteiger partial charge is 0.270 e. The van der Waals surface area contributed by atoms with Crippen LogP contribution in [0.4, 0.5) is 17.1 Å². The fourth-order valence-electron chi connectivity index (χ4n) is 2.37. The minimum atomic E-state index is -4.19. The number of hydrogen-bond acceptors (Lipinski definition) is 7. The van der Waals surface area contributed by atoms with Crippen LogP contribution in [-0.2, 0) is 10.0 Å². The van der Waals surface area contributed by atoms with E-state index in [9.17, 15) is 18.5 Å². The molecule has 8 nitrogen and oxygen atoms in total. The third-order valence-electron chi connectivity index (χ3n) is 3.81. The van der Waals surface area contributed by atoms with Crippen LogP contribution in [0.15, 0.2) is 70.0 Å². The second-order valence-electron chi connectivity index (χ2n) is 5.81. The van der Waals surface area contributed by atoms with Crippen molar-refractivity contribution in [2.45, 2.75) is 11.8 Å². The number of non-ortho nitro benzene ring substituents is 1. The maximum Gasteiger partial charge on any atom is 0.270 e. The highest BCUT2D eigenvalue weighted by Crippen LogP contribution is 2.30. The summed E-state index contributed by atoms with van der Waals surface area (Å²) in [4.78, 5) is 11.1. The van der Waals surface area contributed by atoms with Gasteiger partial charge < -0.3 is 0 Å². The molecule has 0 saturated heterocycles. The zero-order valence-corrected chi connectivity index (χ0v) is 17.4. The number of hydrazone groups is 1. The third kappa shape index (κ3) is 4.91. The topological polar surface area (TPSA) is 114 Å². The number of rotatable bonds is 7. The van der Waals surface area contributed by atoms with E-state index in [1.807, 2.05) is 17.5 Å². The van der Waals surface area contributed by atoms with Gasteiger partial charge in [-0.05, 0) is 36.6 Å². The summed E-state index contributed by atoms with van der Waals surface area (Å²) in [6.07, 6.45) is 0. The van der Waals surface area contributed by atoms with E-state index < -0.39 is 14.9 Å².